The molecule has 0 nitrogen and oxygen atoms in total. The molecule has 0 heteroatoms. The summed E-state index contributed by atoms with van der Waals surface area (Å²) < 4.78 is 0. The zero-order valence-corrected chi connectivity index (χ0v) is 12.4. The second-order valence-corrected chi connectivity index (χ2v) is 8.63. The molecular formula is C18H30. The maximum atomic E-state index is 2.68. The highest BCUT2D eigenvalue weighted by Crippen LogP contribution is 2.66. The molecule has 0 aromatic carbocycles. The number of fused-ring (bicyclic) bond motifs is 5. The maximum Gasteiger partial charge on any atom is -0.0266 e. The van der Waals surface area contributed by atoms with Crippen molar-refractivity contribution in [3.05, 3.63) is 0 Å². The van der Waals surface area contributed by atoms with Crippen molar-refractivity contribution in [1.82, 2.24) is 0 Å². The second kappa shape index (κ2) is 3.76. The van der Waals surface area contributed by atoms with Crippen LogP contribution in [0.4, 0.5) is 0 Å². The Bertz CT molecular complexity index is 346. The van der Waals surface area contributed by atoms with Crippen molar-refractivity contribution in [3.63, 3.8) is 0 Å². The molecule has 0 saturated heterocycles. The van der Waals surface area contributed by atoms with Crippen LogP contribution in [-0.2, 0) is 0 Å². The summed E-state index contributed by atoms with van der Waals surface area (Å²) in [6.45, 7) is 5.31. The smallest absolute Gasteiger partial charge is 0.0266 e. The minimum Gasteiger partial charge on any atom is -0.0594 e. The molecule has 18 heavy (non-hydrogen) atoms. The fraction of sp³-hybridized carbons (Fsp3) is 1.00. The lowest BCUT2D eigenvalue weighted by atomic mass is 9.48. The van der Waals surface area contributed by atoms with Gasteiger partial charge in [-0.2, -0.15) is 0 Å². The van der Waals surface area contributed by atoms with Crippen molar-refractivity contribution in [2.45, 2.75) is 78.1 Å². The molecule has 4 saturated carbocycles. The van der Waals surface area contributed by atoms with Crippen molar-refractivity contribution in [2.75, 3.05) is 0 Å². The van der Waals surface area contributed by atoms with Gasteiger partial charge in [-0.05, 0) is 85.9 Å². The van der Waals surface area contributed by atoms with E-state index in [9.17, 15) is 0 Å². The molecule has 0 aromatic rings. The Labute approximate surface area is 113 Å². The molecule has 0 spiro atoms. The van der Waals surface area contributed by atoms with Gasteiger partial charge in [0.25, 0.3) is 0 Å². The van der Waals surface area contributed by atoms with Crippen LogP contribution in [0, 0.1) is 34.5 Å². The van der Waals surface area contributed by atoms with Gasteiger partial charge in [0.2, 0.25) is 0 Å². The van der Waals surface area contributed by atoms with Gasteiger partial charge < -0.3 is 0 Å². The van der Waals surface area contributed by atoms with Gasteiger partial charge in [0.15, 0.2) is 0 Å². The molecule has 0 radical (unpaired) electrons. The van der Waals surface area contributed by atoms with E-state index in [0.717, 1.165) is 34.5 Å². The monoisotopic (exact) mass is 246 g/mol. The van der Waals surface area contributed by atoms with Crippen LogP contribution in [0.1, 0.15) is 78.1 Å². The molecule has 0 bridgehead atoms. The zero-order chi connectivity index (χ0) is 12.4. The Balaban J connectivity index is 1.66. The molecule has 4 fully saturated rings. The Kier molecular flexibility index (Phi) is 2.47. The van der Waals surface area contributed by atoms with Crippen molar-refractivity contribution >= 4 is 0 Å². The van der Waals surface area contributed by atoms with Gasteiger partial charge in [-0.1, -0.05) is 26.7 Å². The summed E-state index contributed by atoms with van der Waals surface area (Å²) in [5.41, 5.74) is 1.51. The second-order valence-electron chi connectivity index (χ2n) is 8.63. The van der Waals surface area contributed by atoms with E-state index in [1.165, 1.54) is 12.8 Å². The van der Waals surface area contributed by atoms with Crippen molar-refractivity contribution in [1.29, 1.82) is 0 Å². The van der Waals surface area contributed by atoms with Gasteiger partial charge in [-0.15, -0.1) is 0 Å². The number of rotatable bonds is 0. The van der Waals surface area contributed by atoms with Crippen LogP contribution >= 0.6 is 0 Å². The first-order valence-corrected chi connectivity index (χ1v) is 8.63. The average molecular weight is 246 g/mol. The predicted octanol–water partition coefficient (Wildman–Crippen LogP) is 5.42. The van der Waals surface area contributed by atoms with Crippen LogP contribution in [0.5, 0.6) is 0 Å². The molecule has 102 valence electrons. The highest BCUT2D eigenvalue weighted by Gasteiger charge is 2.57. The predicted molar refractivity (Wildman–Crippen MR) is 76.3 cm³/mol. The van der Waals surface area contributed by atoms with Crippen molar-refractivity contribution in [2.24, 2.45) is 34.5 Å². The molecule has 0 aliphatic heterocycles. The lowest BCUT2D eigenvalue weighted by molar-refractivity contribution is -0.0743. The normalized spacial score (nSPS) is 59.0. The fourth-order valence-corrected chi connectivity index (χ4v) is 7.12. The van der Waals surface area contributed by atoms with E-state index in [2.05, 4.69) is 13.8 Å². The number of hydrogen-bond donors (Lipinski definition) is 0. The largest absolute Gasteiger partial charge is 0.0594 e. The summed E-state index contributed by atoms with van der Waals surface area (Å²) in [6.07, 6.45) is 15.6. The molecule has 4 rings (SSSR count). The van der Waals surface area contributed by atoms with Gasteiger partial charge in [0, 0.05) is 0 Å². The van der Waals surface area contributed by atoms with Crippen LogP contribution in [-0.4, -0.2) is 0 Å². The molecule has 4 aliphatic carbocycles. The van der Waals surface area contributed by atoms with E-state index in [1.54, 1.807) is 51.4 Å². The lowest BCUT2D eigenvalue weighted by Crippen LogP contribution is -2.49. The first-order chi connectivity index (χ1) is 8.63. The van der Waals surface area contributed by atoms with Crippen molar-refractivity contribution < 1.29 is 0 Å². The third kappa shape index (κ3) is 1.38. The Morgan fingerprint density at radius 1 is 0.722 bits per heavy atom. The van der Waals surface area contributed by atoms with Crippen LogP contribution in [0.25, 0.3) is 0 Å². The Morgan fingerprint density at radius 2 is 1.56 bits per heavy atom. The van der Waals surface area contributed by atoms with Crippen molar-refractivity contribution in [3.8, 4) is 0 Å². The zero-order valence-electron chi connectivity index (χ0n) is 12.4. The lowest BCUT2D eigenvalue weighted by Gasteiger charge is -2.56. The van der Waals surface area contributed by atoms with E-state index in [1.807, 2.05) is 0 Å². The Hall–Kier alpha value is 0. The van der Waals surface area contributed by atoms with Gasteiger partial charge in [0.05, 0.1) is 0 Å². The summed E-state index contributed by atoms with van der Waals surface area (Å²) in [5, 5.41) is 0. The molecule has 0 amide bonds. The van der Waals surface area contributed by atoms with Gasteiger partial charge in [-0.25, -0.2) is 0 Å². The van der Waals surface area contributed by atoms with E-state index in [0.29, 0.717) is 0 Å². The van der Waals surface area contributed by atoms with Gasteiger partial charge in [0.1, 0.15) is 0 Å². The van der Waals surface area contributed by atoms with Gasteiger partial charge in [-0.3, -0.25) is 0 Å². The average Bonchev–Trinajstić information content (AvgIpc) is 2.90. The molecule has 6 atom stereocenters. The van der Waals surface area contributed by atoms with E-state index in [-0.39, 0.29) is 0 Å². The summed E-state index contributed by atoms with van der Waals surface area (Å²) in [5.74, 6) is 4.43. The van der Waals surface area contributed by atoms with E-state index >= 15 is 0 Å². The molecule has 0 heterocycles. The van der Waals surface area contributed by atoms with Crippen LogP contribution < -0.4 is 0 Å². The minimum atomic E-state index is 0.753. The van der Waals surface area contributed by atoms with E-state index in [4.69, 9.17) is 0 Å². The summed E-state index contributed by atoms with van der Waals surface area (Å²) in [6, 6.07) is 0. The third-order valence-corrected chi connectivity index (χ3v) is 8.11. The highest BCUT2D eigenvalue weighted by atomic mass is 14.6. The summed E-state index contributed by atoms with van der Waals surface area (Å²) >= 11 is 0. The van der Waals surface area contributed by atoms with E-state index < -0.39 is 0 Å². The molecular weight excluding hydrogens is 216 g/mol. The molecule has 4 aliphatic rings. The molecule has 6 unspecified atom stereocenters. The summed E-state index contributed by atoms with van der Waals surface area (Å²) in [4.78, 5) is 0. The fourth-order valence-electron chi connectivity index (χ4n) is 7.12. The van der Waals surface area contributed by atoms with Crippen LogP contribution in [0.3, 0.4) is 0 Å². The Morgan fingerprint density at radius 3 is 2.44 bits per heavy atom. The van der Waals surface area contributed by atoms with Crippen LogP contribution in [0.15, 0.2) is 0 Å². The molecule has 0 aromatic heterocycles. The molecule has 0 N–H and O–H groups in total. The highest BCUT2D eigenvalue weighted by molar-refractivity contribution is 5.07. The third-order valence-electron chi connectivity index (χ3n) is 8.11. The quantitative estimate of drug-likeness (QED) is 0.535. The maximum absolute atomic E-state index is 2.68. The minimum absolute atomic E-state index is 0.753. The SMILES string of the molecule is CC12CCCC1C1CCC3CCCC3(C)C1CC2. The topological polar surface area (TPSA) is 0 Å². The standard InChI is InChI=1S/C18H30/c1-17-10-4-6-15(17)14-8-7-13-5-3-11-18(13,2)16(14)9-12-17/h13-16H,3-12H2,1-2H3. The summed E-state index contributed by atoms with van der Waals surface area (Å²) in [7, 11) is 0. The van der Waals surface area contributed by atoms with Gasteiger partial charge >= 0.3 is 0 Å². The number of hydrogen-bond acceptors (Lipinski definition) is 0. The first kappa shape index (κ1) is 11.8. The van der Waals surface area contributed by atoms with Crippen LogP contribution in [0.2, 0.25) is 0 Å². The first-order valence-electron chi connectivity index (χ1n) is 8.63.